The molecule has 0 heterocycles. The zero-order valence-corrected chi connectivity index (χ0v) is 7.85. The molecule has 0 aliphatic carbocycles. The highest BCUT2D eigenvalue weighted by molar-refractivity contribution is 7.84. The first-order valence-corrected chi connectivity index (χ1v) is 4.97. The highest BCUT2D eigenvalue weighted by Crippen LogP contribution is 2.20. The Balaban J connectivity index is 3.15. The number of nitrogen functional groups attached to an aromatic ring is 1. The van der Waals surface area contributed by atoms with Crippen LogP contribution in [-0.4, -0.2) is 17.6 Å². The zero-order valence-electron chi connectivity index (χ0n) is 7.03. The first kappa shape index (κ1) is 9.06. The number of rotatable bonds is 2. The quantitative estimate of drug-likeness (QED) is 0.700. The van der Waals surface area contributed by atoms with Gasteiger partial charge < -0.3 is 10.5 Å². The Morgan fingerprint density at radius 1 is 1.42 bits per heavy atom. The Morgan fingerprint density at radius 2 is 2.08 bits per heavy atom. The molecule has 0 spiro atoms. The second kappa shape index (κ2) is 3.58. The maximum Gasteiger partial charge on any atom is 0.122 e. The van der Waals surface area contributed by atoms with Gasteiger partial charge in [0.25, 0.3) is 0 Å². The number of ether oxygens (including phenoxy) is 1. The van der Waals surface area contributed by atoms with Gasteiger partial charge >= 0.3 is 0 Å². The summed E-state index contributed by atoms with van der Waals surface area (Å²) in [6, 6.07) is 5.08. The van der Waals surface area contributed by atoms with E-state index in [1.54, 1.807) is 31.6 Å². The predicted octanol–water partition coefficient (Wildman–Crippen LogP) is 1.01. The first-order chi connectivity index (χ1) is 5.63. The molecule has 0 amide bonds. The Morgan fingerprint density at radius 3 is 2.58 bits per heavy atom. The molecule has 1 aromatic carbocycles. The van der Waals surface area contributed by atoms with Crippen molar-refractivity contribution in [3.63, 3.8) is 0 Å². The van der Waals surface area contributed by atoms with Crippen molar-refractivity contribution in [1.82, 2.24) is 0 Å². The highest BCUT2D eigenvalue weighted by Gasteiger charge is 2.01. The van der Waals surface area contributed by atoms with Gasteiger partial charge in [-0.05, 0) is 12.1 Å². The third-order valence-corrected chi connectivity index (χ3v) is 2.37. The Labute approximate surface area is 74.0 Å². The molecule has 4 heteroatoms. The van der Waals surface area contributed by atoms with Crippen molar-refractivity contribution in [3.8, 4) is 5.75 Å². The largest absolute Gasteiger partial charge is 0.497 e. The van der Waals surface area contributed by atoms with Crippen LogP contribution >= 0.6 is 0 Å². The molecular formula is C8H11NO2S. The molecule has 0 fully saturated rings. The first-order valence-electron chi connectivity index (χ1n) is 3.41. The average Bonchev–Trinajstić information content (AvgIpc) is 2.03. The van der Waals surface area contributed by atoms with Gasteiger partial charge in [-0.2, -0.15) is 0 Å². The van der Waals surface area contributed by atoms with Gasteiger partial charge in [-0.25, -0.2) is 0 Å². The van der Waals surface area contributed by atoms with Gasteiger partial charge in [-0.15, -0.1) is 0 Å². The third kappa shape index (κ3) is 1.98. The molecule has 1 aromatic rings. The monoisotopic (exact) mass is 185 g/mol. The van der Waals surface area contributed by atoms with E-state index in [0.717, 1.165) is 0 Å². The van der Waals surface area contributed by atoms with E-state index in [1.807, 2.05) is 0 Å². The van der Waals surface area contributed by atoms with Gasteiger partial charge in [0.15, 0.2) is 0 Å². The van der Waals surface area contributed by atoms with E-state index in [2.05, 4.69) is 0 Å². The molecule has 0 aliphatic heterocycles. The van der Waals surface area contributed by atoms with Crippen molar-refractivity contribution in [2.75, 3.05) is 19.1 Å². The molecule has 1 unspecified atom stereocenters. The fourth-order valence-corrected chi connectivity index (χ4v) is 1.46. The number of anilines is 1. The molecule has 0 saturated carbocycles. The van der Waals surface area contributed by atoms with Gasteiger partial charge in [-0.1, -0.05) is 0 Å². The summed E-state index contributed by atoms with van der Waals surface area (Å²) in [6.07, 6.45) is 1.61. The minimum atomic E-state index is -1.01. The fourth-order valence-electron chi connectivity index (χ4n) is 0.878. The van der Waals surface area contributed by atoms with Crippen molar-refractivity contribution in [3.05, 3.63) is 18.2 Å². The van der Waals surface area contributed by atoms with Crippen LogP contribution in [0.2, 0.25) is 0 Å². The van der Waals surface area contributed by atoms with E-state index >= 15 is 0 Å². The van der Waals surface area contributed by atoms with Crippen LogP contribution in [0.3, 0.4) is 0 Å². The van der Waals surface area contributed by atoms with Crippen LogP contribution in [0.25, 0.3) is 0 Å². The summed E-state index contributed by atoms with van der Waals surface area (Å²) in [5, 5.41) is 0. The fraction of sp³-hybridized carbons (Fsp3) is 0.250. The van der Waals surface area contributed by atoms with Crippen molar-refractivity contribution in [1.29, 1.82) is 0 Å². The Bertz CT molecular complexity index is 312. The molecule has 0 radical (unpaired) electrons. The smallest absolute Gasteiger partial charge is 0.122 e. The minimum Gasteiger partial charge on any atom is -0.497 e. The summed E-state index contributed by atoms with van der Waals surface area (Å²) in [7, 11) is 0.542. The average molecular weight is 185 g/mol. The lowest BCUT2D eigenvalue weighted by atomic mass is 10.3. The summed E-state index contributed by atoms with van der Waals surface area (Å²) in [5.74, 6) is 0.639. The lowest BCUT2D eigenvalue weighted by Crippen LogP contribution is -1.93. The number of hydrogen-bond donors (Lipinski definition) is 1. The van der Waals surface area contributed by atoms with Crippen LogP contribution in [0.5, 0.6) is 5.75 Å². The van der Waals surface area contributed by atoms with Crippen LogP contribution in [0.4, 0.5) is 5.69 Å². The molecule has 0 bridgehead atoms. The maximum atomic E-state index is 11.1. The van der Waals surface area contributed by atoms with Crippen LogP contribution in [0.15, 0.2) is 23.1 Å². The minimum absolute atomic E-state index is 0.569. The SMILES string of the molecule is COc1cc(N)cc(S(C)=O)c1. The molecule has 1 rings (SSSR count). The standard InChI is InChI=1S/C8H11NO2S/c1-11-7-3-6(9)4-8(5-7)12(2)10/h3-5H,9H2,1-2H3. The second-order valence-corrected chi connectivity index (χ2v) is 3.78. The topological polar surface area (TPSA) is 52.3 Å². The van der Waals surface area contributed by atoms with E-state index in [0.29, 0.717) is 16.3 Å². The lowest BCUT2D eigenvalue weighted by molar-refractivity contribution is 0.414. The second-order valence-electron chi connectivity index (χ2n) is 2.40. The summed E-state index contributed by atoms with van der Waals surface area (Å²) in [5.41, 5.74) is 6.13. The van der Waals surface area contributed by atoms with E-state index < -0.39 is 10.8 Å². The summed E-state index contributed by atoms with van der Waals surface area (Å²) < 4.78 is 16.0. The molecule has 2 N–H and O–H groups in total. The molecule has 1 atom stereocenters. The van der Waals surface area contributed by atoms with Crippen molar-refractivity contribution in [2.24, 2.45) is 0 Å². The number of hydrogen-bond acceptors (Lipinski definition) is 3. The van der Waals surface area contributed by atoms with Crippen molar-refractivity contribution in [2.45, 2.75) is 4.90 Å². The van der Waals surface area contributed by atoms with Crippen molar-refractivity contribution < 1.29 is 8.95 Å². The van der Waals surface area contributed by atoms with Crippen LogP contribution in [0, 0.1) is 0 Å². The highest BCUT2D eigenvalue weighted by atomic mass is 32.2. The molecule has 0 aromatic heterocycles. The van der Waals surface area contributed by atoms with Crippen LogP contribution in [0.1, 0.15) is 0 Å². The normalized spacial score (nSPS) is 12.5. The summed E-state index contributed by atoms with van der Waals surface area (Å²) in [6.45, 7) is 0. The van der Waals surface area contributed by atoms with E-state index in [4.69, 9.17) is 10.5 Å². The molecule has 0 saturated heterocycles. The Kier molecular flexibility index (Phi) is 2.70. The lowest BCUT2D eigenvalue weighted by Gasteiger charge is -2.03. The molecule has 3 nitrogen and oxygen atoms in total. The molecule has 0 aliphatic rings. The van der Waals surface area contributed by atoms with E-state index in [9.17, 15) is 4.21 Å². The molecular weight excluding hydrogens is 174 g/mol. The van der Waals surface area contributed by atoms with Gasteiger partial charge in [0.1, 0.15) is 5.75 Å². The number of methoxy groups -OCH3 is 1. The van der Waals surface area contributed by atoms with Gasteiger partial charge in [0.05, 0.1) is 7.11 Å². The Hall–Kier alpha value is -1.03. The summed E-state index contributed by atoms with van der Waals surface area (Å²) in [4.78, 5) is 0.687. The van der Waals surface area contributed by atoms with Crippen LogP contribution < -0.4 is 10.5 Å². The third-order valence-electron chi connectivity index (χ3n) is 1.47. The van der Waals surface area contributed by atoms with E-state index in [1.165, 1.54) is 0 Å². The van der Waals surface area contributed by atoms with Crippen LogP contribution in [-0.2, 0) is 10.8 Å². The molecule has 66 valence electrons. The summed E-state index contributed by atoms with van der Waals surface area (Å²) >= 11 is 0. The number of benzene rings is 1. The van der Waals surface area contributed by atoms with Gasteiger partial charge in [0.2, 0.25) is 0 Å². The maximum absolute atomic E-state index is 11.1. The number of nitrogens with two attached hydrogens (primary N) is 1. The van der Waals surface area contributed by atoms with E-state index in [-0.39, 0.29) is 0 Å². The van der Waals surface area contributed by atoms with Gasteiger partial charge in [0, 0.05) is 33.7 Å². The van der Waals surface area contributed by atoms with Gasteiger partial charge in [-0.3, -0.25) is 4.21 Å². The molecule has 12 heavy (non-hydrogen) atoms. The zero-order chi connectivity index (χ0) is 9.14. The van der Waals surface area contributed by atoms with Crippen molar-refractivity contribution >= 4 is 16.5 Å². The predicted molar refractivity (Wildman–Crippen MR) is 49.7 cm³/mol.